The van der Waals surface area contributed by atoms with Crippen molar-refractivity contribution in [2.75, 3.05) is 13.7 Å². The Bertz CT molecular complexity index is 1580. The number of nitrogens with zero attached hydrogens (tertiary/aromatic N) is 2. The summed E-state index contributed by atoms with van der Waals surface area (Å²) in [5.74, 6) is 0.559. The second kappa shape index (κ2) is 10.5. The molecule has 0 fully saturated rings. The maximum atomic E-state index is 13.3. The first kappa shape index (κ1) is 24.1. The minimum Gasteiger partial charge on any atom is -0.493 e. The van der Waals surface area contributed by atoms with E-state index in [9.17, 15) is 9.59 Å². The molecule has 0 aliphatic carbocycles. The Morgan fingerprint density at radius 3 is 2.69 bits per heavy atom. The van der Waals surface area contributed by atoms with Gasteiger partial charge in [-0.2, -0.15) is 0 Å². The van der Waals surface area contributed by atoms with Gasteiger partial charge >= 0.3 is 0 Å². The Morgan fingerprint density at radius 2 is 1.94 bits per heavy atom. The number of methoxy groups -OCH3 is 1. The molecule has 3 heterocycles. The normalized spacial score (nSPS) is 10.9. The van der Waals surface area contributed by atoms with Crippen molar-refractivity contribution in [3.63, 3.8) is 0 Å². The summed E-state index contributed by atoms with van der Waals surface area (Å²) >= 11 is 8.95. The van der Waals surface area contributed by atoms with Crippen LogP contribution in [0.2, 0.25) is 5.02 Å². The molecule has 7 nitrogen and oxygen atoms in total. The van der Waals surface area contributed by atoms with Gasteiger partial charge in [0.1, 0.15) is 11.0 Å². The Labute approximate surface area is 219 Å². The number of fused-ring (bicyclic) bond motifs is 1. The molecule has 0 radical (unpaired) electrons. The lowest BCUT2D eigenvalue weighted by molar-refractivity contribution is -0.123. The lowest BCUT2D eigenvalue weighted by Gasteiger charge is -2.13. The van der Waals surface area contributed by atoms with E-state index in [0.717, 1.165) is 15.3 Å². The maximum absolute atomic E-state index is 13.3. The molecule has 0 atom stereocenters. The molecule has 2 aromatic carbocycles. The van der Waals surface area contributed by atoms with Crippen molar-refractivity contribution in [1.82, 2.24) is 14.9 Å². The molecule has 1 N–H and O–H groups in total. The SMILES string of the molecule is COc1cc(-n2cnc3cc(-c4ccc(Cl)cc4)sc3c2=O)ccc1OCC(=O)NCc1cccs1. The number of carbonyl (C=O) groups excluding carboxylic acids is 1. The Hall–Kier alpha value is -3.66. The van der Waals surface area contributed by atoms with Crippen LogP contribution in [0.4, 0.5) is 0 Å². The Kier molecular flexibility index (Phi) is 7.04. The minimum atomic E-state index is -0.241. The van der Waals surface area contributed by atoms with Crippen LogP contribution in [0.1, 0.15) is 4.88 Å². The number of halogens is 1. The number of ether oxygens (including phenoxy) is 2. The van der Waals surface area contributed by atoms with Crippen molar-refractivity contribution in [3.05, 3.63) is 92.6 Å². The number of thiophene rings is 2. The topological polar surface area (TPSA) is 82.5 Å². The van der Waals surface area contributed by atoms with Crippen LogP contribution >= 0.6 is 34.3 Å². The lowest BCUT2D eigenvalue weighted by Crippen LogP contribution is -2.28. The van der Waals surface area contributed by atoms with E-state index >= 15 is 0 Å². The molecule has 182 valence electrons. The number of rotatable bonds is 8. The van der Waals surface area contributed by atoms with Crippen LogP contribution in [0.5, 0.6) is 11.5 Å². The van der Waals surface area contributed by atoms with Crippen LogP contribution < -0.4 is 20.3 Å². The van der Waals surface area contributed by atoms with Crippen LogP contribution in [0.15, 0.2) is 77.2 Å². The number of hydrogen-bond donors (Lipinski definition) is 1. The lowest BCUT2D eigenvalue weighted by atomic mass is 10.2. The van der Waals surface area contributed by atoms with Gasteiger partial charge in [-0.3, -0.25) is 14.2 Å². The largest absolute Gasteiger partial charge is 0.493 e. The monoisotopic (exact) mass is 537 g/mol. The van der Waals surface area contributed by atoms with Gasteiger partial charge in [0, 0.05) is 20.8 Å². The summed E-state index contributed by atoms with van der Waals surface area (Å²) in [6.07, 6.45) is 1.50. The standard InChI is InChI=1S/C26H20ClN3O4S2/c1-33-22-11-18(8-9-21(22)34-14-24(31)28-13-19-3-2-10-35-19)30-15-29-20-12-23(36-25(20)26(30)32)16-4-6-17(27)7-5-16/h2-12,15H,13-14H2,1H3,(H,28,31). The summed E-state index contributed by atoms with van der Waals surface area (Å²) < 4.78 is 13.1. The van der Waals surface area contributed by atoms with Gasteiger partial charge in [0.25, 0.3) is 11.5 Å². The molecular formula is C26H20ClN3O4S2. The molecule has 0 aliphatic heterocycles. The van der Waals surface area contributed by atoms with Crippen molar-refractivity contribution in [3.8, 4) is 27.6 Å². The van der Waals surface area contributed by atoms with Gasteiger partial charge in [0.15, 0.2) is 18.1 Å². The van der Waals surface area contributed by atoms with E-state index in [4.69, 9.17) is 21.1 Å². The van der Waals surface area contributed by atoms with Gasteiger partial charge in [-0.15, -0.1) is 22.7 Å². The summed E-state index contributed by atoms with van der Waals surface area (Å²) in [5.41, 5.74) is 1.98. The van der Waals surface area contributed by atoms with Gasteiger partial charge in [-0.1, -0.05) is 29.8 Å². The Balaban J connectivity index is 1.35. The van der Waals surface area contributed by atoms with Crippen LogP contribution in [-0.2, 0) is 11.3 Å². The Morgan fingerprint density at radius 1 is 1.11 bits per heavy atom. The predicted octanol–water partition coefficient (Wildman–Crippen LogP) is 5.53. The number of amides is 1. The summed E-state index contributed by atoms with van der Waals surface area (Å²) in [6, 6.07) is 18.3. The highest BCUT2D eigenvalue weighted by atomic mass is 35.5. The van der Waals surface area contributed by atoms with E-state index in [2.05, 4.69) is 10.3 Å². The zero-order valence-corrected chi connectivity index (χ0v) is 21.5. The quantitative estimate of drug-likeness (QED) is 0.281. The molecule has 5 rings (SSSR count). The van der Waals surface area contributed by atoms with Crippen LogP contribution in [0, 0.1) is 0 Å². The fourth-order valence-electron chi connectivity index (χ4n) is 3.57. The molecule has 0 unspecified atom stereocenters. The summed E-state index contributed by atoms with van der Waals surface area (Å²) in [4.78, 5) is 31.9. The zero-order valence-electron chi connectivity index (χ0n) is 19.1. The number of benzene rings is 2. The van der Waals surface area contributed by atoms with E-state index in [1.54, 1.807) is 29.5 Å². The van der Waals surface area contributed by atoms with Crippen LogP contribution in [-0.4, -0.2) is 29.2 Å². The van der Waals surface area contributed by atoms with Gasteiger partial charge in [0.05, 0.1) is 24.9 Å². The average Bonchev–Trinajstić information content (AvgIpc) is 3.57. The van der Waals surface area contributed by atoms with Gasteiger partial charge < -0.3 is 14.8 Å². The number of hydrogen-bond acceptors (Lipinski definition) is 7. The number of aromatic nitrogens is 2. The second-order valence-corrected chi connectivity index (χ2v) is 10.3. The van der Waals surface area contributed by atoms with Crippen molar-refractivity contribution >= 4 is 50.4 Å². The first-order valence-electron chi connectivity index (χ1n) is 10.9. The van der Waals surface area contributed by atoms with Crippen molar-refractivity contribution in [1.29, 1.82) is 0 Å². The molecule has 0 bridgehead atoms. The third-order valence-electron chi connectivity index (χ3n) is 5.39. The van der Waals surface area contributed by atoms with E-state index in [-0.39, 0.29) is 18.1 Å². The minimum absolute atomic E-state index is 0.156. The van der Waals surface area contributed by atoms with E-state index in [1.807, 2.05) is 47.8 Å². The first-order chi connectivity index (χ1) is 17.5. The molecular weight excluding hydrogens is 518 g/mol. The van der Waals surface area contributed by atoms with Gasteiger partial charge in [0.2, 0.25) is 0 Å². The van der Waals surface area contributed by atoms with Crippen LogP contribution in [0.3, 0.4) is 0 Å². The molecule has 10 heteroatoms. The number of nitrogens with one attached hydrogen (secondary N) is 1. The van der Waals surface area contributed by atoms with E-state index in [1.165, 1.54) is 29.3 Å². The highest BCUT2D eigenvalue weighted by molar-refractivity contribution is 7.22. The second-order valence-electron chi connectivity index (χ2n) is 7.73. The van der Waals surface area contributed by atoms with Gasteiger partial charge in [-0.25, -0.2) is 4.98 Å². The smallest absolute Gasteiger partial charge is 0.275 e. The number of carbonyl (C=O) groups is 1. The molecule has 0 spiro atoms. The van der Waals surface area contributed by atoms with E-state index in [0.29, 0.717) is 39.0 Å². The summed E-state index contributed by atoms with van der Waals surface area (Å²) in [6.45, 7) is 0.300. The third kappa shape index (κ3) is 5.13. The molecule has 36 heavy (non-hydrogen) atoms. The molecule has 1 amide bonds. The predicted molar refractivity (Wildman–Crippen MR) is 144 cm³/mol. The van der Waals surface area contributed by atoms with Crippen molar-refractivity contribution < 1.29 is 14.3 Å². The zero-order chi connectivity index (χ0) is 25.1. The highest BCUT2D eigenvalue weighted by Gasteiger charge is 2.14. The maximum Gasteiger partial charge on any atom is 0.275 e. The average molecular weight is 538 g/mol. The highest BCUT2D eigenvalue weighted by Crippen LogP contribution is 2.33. The van der Waals surface area contributed by atoms with Crippen LogP contribution in [0.25, 0.3) is 26.3 Å². The third-order valence-corrected chi connectivity index (χ3v) is 7.68. The molecule has 3 aromatic heterocycles. The fourth-order valence-corrected chi connectivity index (χ4v) is 5.39. The first-order valence-corrected chi connectivity index (χ1v) is 13.0. The fraction of sp³-hybridized carbons (Fsp3) is 0.115. The van der Waals surface area contributed by atoms with Crippen molar-refractivity contribution in [2.45, 2.75) is 6.54 Å². The van der Waals surface area contributed by atoms with Crippen molar-refractivity contribution in [2.24, 2.45) is 0 Å². The summed E-state index contributed by atoms with van der Waals surface area (Å²) in [7, 11) is 1.50. The molecule has 0 saturated carbocycles. The molecule has 5 aromatic rings. The molecule has 0 saturated heterocycles. The van der Waals surface area contributed by atoms with E-state index < -0.39 is 0 Å². The van der Waals surface area contributed by atoms with Gasteiger partial charge in [-0.05, 0) is 47.3 Å². The summed E-state index contributed by atoms with van der Waals surface area (Å²) in [5, 5.41) is 5.43. The molecule has 0 aliphatic rings.